The predicted molar refractivity (Wildman–Crippen MR) is 49.0 cm³/mol. The fraction of sp³-hybridized carbons (Fsp3) is 0. The molecule has 0 aliphatic rings. The first-order valence-electron chi connectivity index (χ1n) is 2.61. The van der Waals surface area contributed by atoms with Crippen molar-refractivity contribution in [2.24, 2.45) is 0 Å². The molecule has 0 bridgehead atoms. The van der Waals surface area contributed by atoms with Gasteiger partial charge in [-0.15, -0.1) is 0 Å². The molecule has 1 nitrogen and oxygen atoms in total. The zero-order valence-electron chi connectivity index (χ0n) is 5.07. The Bertz CT molecular complexity index is 241. The molecular weight excluding hydrogens is 212 g/mol. The van der Waals surface area contributed by atoms with Gasteiger partial charge in [-0.05, 0) is 12.1 Å². The molecule has 0 aliphatic heterocycles. The van der Waals surface area contributed by atoms with Crippen molar-refractivity contribution in [2.45, 2.75) is 0 Å². The molecule has 4 heteroatoms. The Morgan fingerprint density at radius 1 is 1.50 bits per heavy atom. The third-order valence-electron chi connectivity index (χ3n) is 1.13. The Morgan fingerprint density at radius 2 is 2.10 bits per heavy atom. The lowest BCUT2D eigenvalue weighted by molar-refractivity contribution is 1.68. The fourth-order valence-corrected chi connectivity index (χ4v) is 1.44. The van der Waals surface area contributed by atoms with Gasteiger partial charge < -0.3 is 5.73 Å². The van der Waals surface area contributed by atoms with Gasteiger partial charge in [0.1, 0.15) is 7.85 Å². The molecule has 0 aliphatic carbocycles. The molecule has 0 spiro atoms. The van der Waals surface area contributed by atoms with Crippen molar-refractivity contribution < 1.29 is 0 Å². The summed E-state index contributed by atoms with van der Waals surface area (Å²) in [7, 11) is 5.47. The van der Waals surface area contributed by atoms with Gasteiger partial charge in [-0.1, -0.05) is 33.0 Å². The van der Waals surface area contributed by atoms with E-state index in [0.717, 1.165) is 4.47 Å². The lowest BCUT2D eigenvalue weighted by atomic mass is 9.94. The van der Waals surface area contributed by atoms with Crippen molar-refractivity contribution in [3.05, 3.63) is 21.6 Å². The summed E-state index contributed by atoms with van der Waals surface area (Å²) in [5, 5.41) is 0.479. The summed E-state index contributed by atoms with van der Waals surface area (Å²) in [5.74, 6) is 0. The number of rotatable bonds is 0. The quantitative estimate of drug-likeness (QED) is 0.516. The van der Waals surface area contributed by atoms with Crippen LogP contribution in [0.25, 0.3) is 0 Å². The largest absolute Gasteiger partial charge is 0.399 e. The van der Waals surface area contributed by atoms with E-state index in [2.05, 4.69) is 15.9 Å². The predicted octanol–water partition coefficient (Wildman–Crippen LogP) is 1.48. The van der Waals surface area contributed by atoms with E-state index in [1.807, 2.05) is 0 Å². The second kappa shape index (κ2) is 2.85. The van der Waals surface area contributed by atoms with Crippen LogP contribution in [0, 0.1) is 0 Å². The number of hydrogen-bond donors (Lipinski definition) is 1. The molecule has 50 valence electrons. The summed E-state index contributed by atoms with van der Waals surface area (Å²) in [4.78, 5) is 0. The van der Waals surface area contributed by atoms with Crippen LogP contribution in [0.1, 0.15) is 0 Å². The molecule has 0 unspecified atom stereocenters. The molecule has 0 aromatic heterocycles. The number of anilines is 1. The monoisotopic (exact) mass is 215 g/mol. The van der Waals surface area contributed by atoms with Crippen molar-refractivity contribution in [2.75, 3.05) is 5.73 Å². The Kier molecular flexibility index (Phi) is 2.26. The summed E-state index contributed by atoms with van der Waals surface area (Å²) < 4.78 is 0.837. The highest BCUT2D eigenvalue weighted by Gasteiger charge is 1.99. The number of halogens is 2. The van der Waals surface area contributed by atoms with E-state index in [1.165, 1.54) is 0 Å². The van der Waals surface area contributed by atoms with Gasteiger partial charge in [0.05, 0.1) is 0 Å². The van der Waals surface area contributed by atoms with Crippen LogP contribution < -0.4 is 11.2 Å². The summed E-state index contributed by atoms with van der Waals surface area (Å²) in [6.45, 7) is 0. The van der Waals surface area contributed by atoms with Crippen molar-refractivity contribution in [1.29, 1.82) is 0 Å². The van der Waals surface area contributed by atoms with Crippen molar-refractivity contribution in [1.82, 2.24) is 0 Å². The minimum absolute atomic E-state index is 0.435. The topological polar surface area (TPSA) is 26.0 Å². The molecule has 0 heterocycles. The Morgan fingerprint density at radius 3 is 2.60 bits per heavy atom. The van der Waals surface area contributed by atoms with Crippen LogP contribution >= 0.6 is 27.5 Å². The minimum atomic E-state index is 0.435. The molecule has 10 heavy (non-hydrogen) atoms. The van der Waals surface area contributed by atoms with Gasteiger partial charge in [-0.3, -0.25) is 0 Å². The second-order valence-corrected chi connectivity index (χ2v) is 3.21. The summed E-state index contributed by atoms with van der Waals surface area (Å²) in [6, 6.07) is 3.41. The molecule has 0 saturated heterocycles. The summed E-state index contributed by atoms with van der Waals surface area (Å²) >= 11 is 8.91. The maximum absolute atomic E-state index is 5.68. The minimum Gasteiger partial charge on any atom is -0.399 e. The van der Waals surface area contributed by atoms with Crippen LogP contribution in [0.15, 0.2) is 16.6 Å². The van der Waals surface area contributed by atoms with Crippen LogP contribution in [0.2, 0.25) is 5.02 Å². The Hall–Kier alpha value is -0.145. The Balaban J connectivity index is 3.31. The maximum atomic E-state index is 5.68. The normalized spacial score (nSPS) is 9.80. The van der Waals surface area contributed by atoms with E-state index >= 15 is 0 Å². The van der Waals surface area contributed by atoms with E-state index in [4.69, 9.17) is 25.2 Å². The lowest BCUT2D eigenvalue weighted by Gasteiger charge is -2.02. The average Bonchev–Trinajstić information content (AvgIpc) is 1.82. The highest BCUT2D eigenvalue weighted by atomic mass is 79.9. The van der Waals surface area contributed by atoms with E-state index in [0.29, 0.717) is 16.2 Å². The number of nitrogen functional groups attached to an aromatic ring is 1. The smallest absolute Gasteiger partial charge is 0.118 e. The summed E-state index contributed by atoms with van der Waals surface area (Å²) in [5.41, 5.74) is 6.42. The molecule has 0 atom stereocenters. The zero-order chi connectivity index (χ0) is 7.72. The van der Waals surface area contributed by atoms with Crippen LogP contribution in [0.5, 0.6) is 0 Å². The highest BCUT2D eigenvalue weighted by Crippen LogP contribution is 2.17. The van der Waals surface area contributed by atoms with Gasteiger partial charge in [0.25, 0.3) is 0 Å². The molecule has 1 aromatic rings. The molecule has 0 fully saturated rings. The summed E-state index contributed by atoms with van der Waals surface area (Å²) in [6.07, 6.45) is 0. The van der Waals surface area contributed by atoms with Crippen molar-refractivity contribution >= 4 is 46.5 Å². The van der Waals surface area contributed by atoms with Gasteiger partial charge in [-0.25, -0.2) is 0 Å². The first-order valence-corrected chi connectivity index (χ1v) is 3.78. The third kappa shape index (κ3) is 1.47. The van der Waals surface area contributed by atoms with Crippen molar-refractivity contribution in [3.8, 4) is 0 Å². The number of benzene rings is 1. The van der Waals surface area contributed by atoms with Crippen LogP contribution in [0.3, 0.4) is 0 Å². The van der Waals surface area contributed by atoms with E-state index in [-0.39, 0.29) is 0 Å². The molecular formula is C6H4BBrClN. The van der Waals surface area contributed by atoms with E-state index in [1.54, 1.807) is 12.1 Å². The maximum Gasteiger partial charge on any atom is 0.118 e. The van der Waals surface area contributed by atoms with Gasteiger partial charge in [0, 0.05) is 15.2 Å². The first kappa shape index (κ1) is 7.96. The average molecular weight is 216 g/mol. The van der Waals surface area contributed by atoms with E-state index < -0.39 is 0 Å². The highest BCUT2D eigenvalue weighted by molar-refractivity contribution is 9.10. The lowest BCUT2D eigenvalue weighted by Crippen LogP contribution is -2.10. The van der Waals surface area contributed by atoms with Gasteiger partial charge >= 0.3 is 0 Å². The molecule has 2 radical (unpaired) electrons. The van der Waals surface area contributed by atoms with Crippen LogP contribution in [0.4, 0.5) is 5.69 Å². The van der Waals surface area contributed by atoms with Gasteiger partial charge in [0.15, 0.2) is 0 Å². The molecule has 2 N–H and O–H groups in total. The number of hydrogen-bond acceptors (Lipinski definition) is 1. The second-order valence-electron chi connectivity index (χ2n) is 1.89. The van der Waals surface area contributed by atoms with E-state index in [9.17, 15) is 0 Å². The fourth-order valence-electron chi connectivity index (χ4n) is 0.605. The standard InChI is InChI=1S/C6H4BBrClN/c7-6-4(9)1-3(8)2-5(6)10/h1-2H,10H2. The SMILES string of the molecule is [B]c1c(N)cc(Br)cc1Cl. The Labute approximate surface area is 74.1 Å². The molecule has 0 saturated carbocycles. The van der Waals surface area contributed by atoms with Gasteiger partial charge in [0.2, 0.25) is 0 Å². The van der Waals surface area contributed by atoms with Crippen molar-refractivity contribution in [3.63, 3.8) is 0 Å². The number of nitrogens with two attached hydrogens (primary N) is 1. The third-order valence-corrected chi connectivity index (χ3v) is 1.90. The first-order chi connectivity index (χ1) is 4.61. The molecule has 1 rings (SSSR count). The van der Waals surface area contributed by atoms with Gasteiger partial charge in [-0.2, -0.15) is 0 Å². The van der Waals surface area contributed by atoms with Crippen LogP contribution in [-0.2, 0) is 0 Å². The molecule has 1 aromatic carbocycles. The van der Waals surface area contributed by atoms with Crippen LogP contribution in [-0.4, -0.2) is 7.85 Å². The molecule has 0 amide bonds. The zero-order valence-corrected chi connectivity index (χ0v) is 7.41.